The average molecular weight is 669 g/mol. The fourth-order valence-electron chi connectivity index (χ4n) is 7.55. The fraction of sp³-hybridized carbons (Fsp3) is 0. The molecule has 3 heteroatoms. The number of hydrogen-bond acceptors (Lipinski definition) is 2. The maximum Gasteiger partial charge on any atom is 0.0547 e. The molecule has 0 spiro atoms. The van der Waals surface area contributed by atoms with Crippen LogP contribution in [-0.4, -0.2) is 4.57 Å². The number of hydrogen-bond donors (Lipinski definition) is 0. The van der Waals surface area contributed by atoms with Crippen LogP contribution in [0.15, 0.2) is 194 Å². The highest BCUT2D eigenvalue weighted by atomic mass is 32.1. The predicted molar refractivity (Wildman–Crippen MR) is 219 cm³/mol. The van der Waals surface area contributed by atoms with Gasteiger partial charge in [0.2, 0.25) is 0 Å². The molecular weight excluding hydrogens is 637 g/mol. The maximum absolute atomic E-state index is 2.39. The molecule has 2 nitrogen and oxygen atoms in total. The van der Waals surface area contributed by atoms with E-state index in [9.17, 15) is 0 Å². The SMILES string of the molecule is c1ccc(-c2ccc(N(c3ccccc3)c3ccc4c(c3)sc3ccc(-c5ccc6c7ccccc7n(-c7ccccc7)c6c5)cc34)cc2)cc1. The highest BCUT2D eigenvalue weighted by molar-refractivity contribution is 7.25. The largest absolute Gasteiger partial charge is 0.310 e. The van der Waals surface area contributed by atoms with Crippen molar-refractivity contribution in [2.75, 3.05) is 4.90 Å². The van der Waals surface area contributed by atoms with Gasteiger partial charge in [0, 0.05) is 53.7 Å². The van der Waals surface area contributed by atoms with Crippen LogP contribution >= 0.6 is 11.3 Å². The minimum atomic E-state index is 1.13. The summed E-state index contributed by atoms with van der Waals surface area (Å²) < 4.78 is 4.96. The Labute approximate surface area is 300 Å². The summed E-state index contributed by atoms with van der Waals surface area (Å²) in [6.45, 7) is 0. The van der Waals surface area contributed by atoms with E-state index in [0.29, 0.717) is 0 Å². The number of fused-ring (bicyclic) bond motifs is 6. The molecule has 2 aromatic heterocycles. The van der Waals surface area contributed by atoms with Crippen LogP contribution < -0.4 is 4.90 Å². The lowest BCUT2D eigenvalue weighted by Gasteiger charge is -2.25. The highest BCUT2D eigenvalue weighted by Gasteiger charge is 2.17. The molecule has 240 valence electrons. The van der Waals surface area contributed by atoms with E-state index in [4.69, 9.17) is 0 Å². The van der Waals surface area contributed by atoms with Crippen LogP contribution in [-0.2, 0) is 0 Å². The Balaban J connectivity index is 1.06. The molecule has 2 heterocycles. The third-order valence-electron chi connectivity index (χ3n) is 9.98. The summed E-state index contributed by atoms with van der Waals surface area (Å²) >= 11 is 1.86. The van der Waals surface area contributed by atoms with Gasteiger partial charge in [-0.25, -0.2) is 0 Å². The van der Waals surface area contributed by atoms with Crippen molar-refractivity contribution in [3.8, 4) is 27.9 Å². The molecule has 0 bridgehead atoms. The van der Waals surface area contributed by atoms with Crippen LogP contribution in [0, 0.1) is 0 Å². The molecule has 0 amide bonds. The normalized spacial score (nSPS) is 11.5. The lowest BCUT2D eigenvalue weighted by Crippen LogP contribution is -2.09. The Morgan fingerprint density at radius 3 is 1.71 bits per heavy atom. The second-order valence-corrected chi connectivity index (χ2v) is 14.1. The monoisotopic (exact) mass is 668 g/mol. The second-order valence-electron chi connectivity index (χ2n) is 13.0. The van der Waals surface area contributed by atoms with Crippen molar-refractivity contribution in [3.63, 3.8) is 0 Å². The van der Waals surface area contributed by atoms with E-state index in [1.165, 1.54) is 69.9 Å². The fourth-order valence-corrected chi connectivity index (χ4v) is 8.67. The van der Waals surface area contributed by atoms with Crippen molar-refractivity contribution >= 4 is 70.4 Å². The molecule has 0 N–H and O–H groups in total. The van der Waals surface area contributed by atoms with Crippen molar-refractivity contribution in [2.24, 2.45) is 0 Å². The molecule has 10 aromatic rings. The number of aromatic nitrogens is 1. The van der Waals surface area contributed by atoms with Crippen LogP contribution in [0.3, 0.4) is 0 Å². The smallest absolute Gasteiger partial charge is 0.0547 e. The molecule has 0 aliphatic carbocycles. The van der Waals surface area contributed by atoms with E-state index in [-0.39, 0.29) is 0 Å². The van der Waals surface area contributed by atoms with Gasteiger partial charge in [0.05, 0.1) is 11.0 Å². The van der Waals surface area contributed by atoms with Crippen molar-refractivity contribution in [1.82, 2.24) is 4.57 Å². The van der Waals surface area contributed by atoms with Crippen LogP contribution in [0.2, 0.25) is 0 Å². The van der Waals surface area contributed by atoms with Gasteiger partial charge in [-0.05, 0) is 95.1 Å². The zero-order chi connectivity index (χ0) is 33.7. The van der Waals surface area contributed by atoms with E-state index < -0.39 is 0 Å². The molecule has 0 aliphatic heterocycles. The maximum atomic E-state index is 2.39. The van der Waals surface area contributed by atoms with E-state index in [1.807, 2.05) is 11.3 Å². The Hall–Kier alpha value is -6.42. The molecule has 0 atom stereocenters. The topological polar surface area (TPSA) is 8.17 Å². The molecule has 0 radical (unpaired) electrons. The Morgan fingerprint density at radius 1 is 0.333 bits per heavy atom. The average Bonchev–Trinajstić information content (AvgIpc) is 3.74. The van der Waals surface area contributed by atoms with Crippen molar-refractivity contribution in [2.45, 2.75) is 0 Å². The minimum Gasteiger partial charge on any atom is -0.310 e. The first kappa shape index (κ1) is 29.5. The van der Waals surface area contributed by atoms with E-state index in [0.717, 1.165) is 17.1 Å². The Bertz CT molecular complexity index is 2830. The molecule has 0 saturated heterocycles. The van der Waals surface area contributed by atoms with E-state index in [1.54, 1.807) is 0 Å². The number of nitrogens with zero attached hydrogens (tertiary/aromatic N) is 2. The summed E-state index contributed by atoms with van der Waals surface area (Å²) in [4.78, 5) is 2.35. The summed E-state index contributed by atoms with van der Waals surface area (Å²) in [6.07, 6.45) is 0. The van der Waals surface area contributed by atoms with Crippen LogP contribution in [0.4, 0.5) is 17.1 Å². The van der Waals surface area contributed by atoms with Gasteiger partial charge in [0.1, 0.15) is 0 Å². The molecule has 0 fully saturated rings. The highest BCUT2D eigenvalue weighted by Crippen LogP contribution is 2.42. The second kappa shape index (κ2) is 12.2. The zero-order valence-corrected chi connectivity index (χ0v) is 28.6. The molecule has 10 rings (SSSR count). The molecule has 8 aromatic carbocycles. The van der Waals surface area contributed by atoms with Crippen LogP contribution in [0.25, 0.3) is 69.9 Å². The quantitative estimate of drug-likeness (QED) is 0.171. The summed E-state index contributed by atoms with van der Waals surface area (Å²) in [7, 11) is 0. The van der Waals surface area contributed by atoms with Gasteiger partial charge in [-0.1, -0.05) is 121 Å². The van der Waals surface area contributed by atoms with Gasteiger partial charge in [-0.3, -0.25) is 0 Å². The number of para-hydroxylation sites is 3. The third-order valence-corrected chi connectivity index (χ3v) is 11.1. The van der Waals surface area contributed by atoms with E-state index >= 15 is 0 Å². The summed E-state index contributed by atoms with van der Waals surface area (Å²) in [5.74, 6) is 0. The number of thiophene rings is 1. The number of rotatable bonds is 6. The summed E-state index contributed by atoms with van der Waals surface area (Å²) in [6, 6.07) is 70.3. The summed E-state index contributed by atoms with van der Waals surface area (Å²) in [5, 5.41) is 5.12. The standard InChI is InChI=1S/C48H32N2S/c1-4-12-33(13-5-1)34-20-24-39(25-21-34)49(37-14-6-2-7-15-37)40-26-28-43-44-30-35(23-29-47(44)51-48(43)32-40)36-22-27-42-41-18-10-11-19-45(41)50(46(42)31-36)38-16-8-3-9-17-38/h1-32H. The van der Waals surface area contributed by atoms with Gasteiger partial charge >= 0.3 is 0 Å². The van der Waals surface area contributed by atoms with Crippen molar-refractivity contribution in [1.29, 1.82) is 0 Å². The van der Waals surface area contributed by atoms with Crippen molar-refractivity contribution < 1.29 is 0 Å². The van der Waals surface area contributed by atoms with Gasteiger partial charge in [-0.2, -0.15) is 0 Å². The first-order chi connectivity index (χ1) is 25.3. The third kappa shape index (κ3) is 5.10. The molecule has 0 unspecified atom stereocenters. The lowest BCUT2D eigenvalue weighted by molar-refractivity contribution is 1.18. The van der Waals surface area contributed by atoms with Crippen molar-refractivity contribution in [3.05, 3.63) is 194 Å². The first-order valence-corrected chi connectivity index (χ1v) is 18.2. The van der Waals surface area contributed by atoms with E-state index in [2.05, 4.69) is 204 Å². The predicted octanol–water partition coefficient (Wildman–Crippen LogP) is 14.0. The number of benzene rings is 8. The van der Waals surface area contributed by atoms with Gasteiger partial charge < -0.3 is 9.47 Å². The molecule has 0 aliphatic rings. The van der Waals surface area contributed by atoms with Gasteiger partial charge in [0.25, 0.3) is 0 Å². The molecular formula is C48H32N2S. The summed E-state index contributed by atoms with van der Waals surface area (Å²) in [5.41, 5.74) is 11.9. The number of anilines is 3. The molecule has 0 saturated carbocycles. The Kier molecular flexibility index (Phi) is 7.04. The van der Waals surface area contributed by atoms with Crippen LogP contribution in [0.5, 0.6) is 0 Å². The minimum absolute atomic E-state index is 1.13. The van der Waals surface area contributed by atoms with Crippen LogP contribution in [0.1, 0.15) is 0 Å². The van der Waals surface area contributed by atoms with Gasteiger partial charge in [0.15, 0.2) is 0 Å². The first-order valence-electron chi connectivity index (χ1n) is 17.3. The zero-order valence-electron chi connectivity index (χ0n) is 27.8. The van der Waals surface area contributed by atoms with Gasteiger partial charge in [-0.15, -0.1) is 11.3 Å². The molecule has 51 heavy (non-hydrogen) atoms. The Morgan fingerprint density at radius 2 is 0.902 bits per heavy atom. The lowest BCUT2D eigenvalue weighted by atomic mass is 10.0.